The van der Waals surface area contributed by atoms with Crippen molar-refractivity contribution in [2.75, 3.05) is 31.1 Å². The maximum absolute atomic E-state index is 12.1. The lowest BCUT2D eigenvalue weighted by atomic mass is 10.2. The third-order valence-corrected chi connectivity index (χ3v) is 5.18. The molecule has 6 heteroatoms. The minimum atomic E-state index is 0.0741. The second-order valence-electron chi connectivity index (χ2n) is 3.90. The Morgan fingerprint density at radius 1 is 1.35 bits per heavy atom. The first-order chi connectivity index (χ1) is 8.16. The molecule has 0 spiro atoms. The molecule has 17 heavy (non-hydrogen) atoms. The maximum atomic E-state index is 12.1. The monoisotopic (exact) mass is 309 g/mol. The molecule has 0 aliphatic carbocycles. The summed E-state index contributed by atoms with van der Waals surface area (Å²) in [6.45, 7) is 2.42. The Bertz CT molecular complexity index is 400. The van der Waals surface area contributed by atoms with Crippen LogP contribution in [0.2, 0.25) is 8.67 Å². The van der Waals surface area contributed by atoms with E-state index in [0.29, 0.717) is 20.8 Å². The molecule has 0 atom stereocenters. The Balaban J connectivity index is 1.98. The van der Waals surface area contributed by atoms with Crippen LogP contribution in [-0.2, 0) is 0 Å². The van der Waals surface area contributed by atoms with Crippen LogP contribution in [-0.4, -0.2) is 41.8 Å². The number of thioether (sulfide) groups is 1. The molecule has 0 N–H and O–H groups in total. The fraction of sp³-hybridized carbons (Fsp3) is 0.545. The topological polar surface area (TPSA) is 20.3 Å². The van der Waals surface area contributed by atoms with Gasteiger partial charge in [-0.25, -0.2) is 0 Å². The Hall–Kier alpha value is 0.260. The number of Topliss-reactive ketones (excluding diaryl/α,β-unsaturated/α-hetero) is 1. The average Bonchev–Trinajstić information content (AvgIpc) is 2.51. The number of thiophene rings is 1. The molecule has 1 aromatic heterocycles. The molecule has 1 saturated heterocycles. The first kappa shape index (κ1) is 13.7. The molecule has 2 heterocycles. The summed E-state index contributed by atoms with van der Waals surface area (Å²) in [5.41, 5.74) is 0.568. The molecule has 0 unspecified atom stereocenters. The quantitative estimate of drug-likeness (QED) is 0.795. The van der Waals surface area contributed by atoms with E-state index in [4.69, 9.17) is 23.2 Å². The standard InChI is InChI=1S/C11H13Cl2NOS2/c12-10-6-8(11(13)17-10)9(15)7-14-2-1-4-16-5-3-14/h6H,1-5,7H2. The number of carbonyl (C=O) groups excluding carboxylic acids is 1. The van der Waals surface area contributed by atoms with Crippen molar-refractivity contribution in [3.05, 3.63) is 20.3 Å². The lowest BCUT2D eigenvalue weighted by molar-refractivity contribution is 0.0936. The summed E-state index contributed by atoms with van der Waals surface area (Å²) < 4.78 is 1.08. The van der Waals surface area contributed by atoms with Gasteiger partial charge in [0, 0.05) is 12.3 Å². The van der Waals surface area contributed by atoms with Gasteiger partial charge < -0.3 is 0 Å². The predicted molar refractivity (Wildman–Crippen MR) is 77.1 cm³/mol. The summed E-state index contributed by atoms with van der Waals surface area (Å²) in [5, 5.41) is 0. The summed E-state index contributed by atoms with van der Waals surface area (Å²) in [4.78, 5) is 14.3. The van der Waals surface area contributed by atoms with E-state index >= 15 is 0 Å². The van der Waals surface area contributed by atoms with E-state index in [1.807, 2.05) is 11.8 Å². The number of nitrogens with zero attached hydrogens (tertiary/aromatic N) is 1. The summed E-state index contributed by atoms with van der Waals surface area (Å²) in [7, 11) is 0. The first-order valence-electron chi connectivity index (χ1n) is 5.45. The molecule has 0 radical (unpaired) electrons. The van der Waals surface area contributed by atoms with Crippen molar-refractivity contribution in [1.82, 2.24) is 4.90 Å². The Labute approximate surface area is 119 Å². The molecule has 2 rings (SSSR count). The van der Waals surface area contributed by atoms with Crippen LogP contribution in [0.3, 0.4) is 0 Å². The van der Waals surface area contributed by atoms with E-state index in [1.165, 1.54) is 17.1 Å². The van der Waals surface area contributed by atoms with Gasteiger partial charge in [0.1, 0.15) is 4.34 Å². The minimum absolute atomic E-state index is 0.0741. The molecule has 0 aromatic carbocycles. The van der Waals surface area contributed by atoms with Gasteiger partial charge in [0.15, 0.2) is 5.78 Å². The number of hydrogen-bond acceptors (Lipinski definition) is 4. The van der Waals surface area contributed by atoms with Crippen LogP contribution in [0.25, 0.3) is 0 Å². The number of halogens is 2. The van der Waals surface area contributed by atoms with E-state index in [9.17, 15) is 4.79 Å². The van der Waals surface area contributed by atoms with Gasteiger partial charge in [-0.1, -0.05) is 23.2 Å². The van der Waals surface area contributed by atoms with Crippen LogP contribution >= 0.6 is 46.3 Å². The van der Waals surface area contributed by atoms with E-state index in [1.54, 1.807) is 6.07 Å². The lowest BCUT2D eigenvalue weighted by Gasteiger charge is -2.17. The molecule has 1 aromatic rings. The van der Waals surface area contributed by atoms with Gasteiger partial charge in [0.05, 0.1) is 16.4 Å². The molecule has 1 aliphatic heterocycles. The summed E-state index contributed by atoms with van der Waals surface area (Å²) in [5.74, 6) is 2.37. The van der Waals surface area contributed by atoms with Gasteiger partial charge >= 0.3 is 0 Å². The van der Waals surface area contributed by atoms with E-state index < -0.39 is 0 Å². The van der Waals surface area contributed by atoms with Crippen molar-refractivity contribution < 1.29 is 4.79 Å². The number of ketones is 1. The zero-order chi connectivity index (χ0) is 12.3. The van der Waals surface area contributed by atoms with Crippen molar-refractivity contribution >= 4 is 52.1 Å². The van der Waals surface area contributed by atoms with Crippen molar-refractivity contribution in [3.63, 3.8) is 0 Å². The molecule has 0 amide bonds. The fourth-order valence-electron chi connectivity index (χ4n) is 1.77. The van der Waals surface area contributed by atoms with Gasteiger partial charge in [0.25, 0.3) is 0 Å². The minimum Gasteiger partial charge on any atom is -0.295 e. The van der Waals surface area contributed by atoms with Gasteiger partial charge in [0.2, 0.25) is 0 Å². The van der Waals surface area contributed by atoms with Crippen molar-refractivity contribution in [2.45, 2.75) is 6.42 Å². The molecular formula is C11H13Cl2NOS2. The molecule has 94 valence electrons. The zero-order valence-corrected chi connectivity index (χ0v) is 12.4. The van der Waals surface area contributed by atoms with Gasteiger partial charge in [-0.3, -0.25) is 9.69 Å². The highest BCUT2D eigenvalue weighted by Crippen LogP contribution is 2.31. The van der Waals surface area contributed by atoms with Crippen LogP contribution in [0.15, 0.2) is 6.07 Å². The summed E-state index contributed by atoms with van der Waals surface area (Å²) in [6, 6.07) is 1.67. The van der Waals surface area contributed by atoms with Crippen LogP contribution in [0.5, 0.6) is 0 Å². The highest BCUT2D eigenvalue weighted by atomic mass is 35.5. The normalized spacial score (nSPS) is 18.0. The first-order valence-corrected chi connectivity index (χ1v) is 8.17. The third kappa shape index (κ3) is 3.86. The second kappa shape index (κ2) is 6.43. The Morgan fingerprint density at radius 2 is 2.18 bits per heavy atom. The van der Waals surface area contributed by atoms with E-state index in [-0.39, 0.29) is 5.78 Å². The van der Waals surface area contributed by atoms with Crippen LogP contribution in [0.1, 0.15) is 16.8 Å². The summed E-state index contributed by atoms with van der Waals surface area (Å²) >= 11 is 15.0. The van der Waals surface area contributed by atoms with Crippen molar-refractivity contribution in [1.29, 1.82) is 0 Å². The van der Waals surface area contributed by atoms with Crippen LogP contribution < -0.4 is 0 Å². The smallest absolute Gasteiger partial charge is 0.179 e. The molecule has 1 fully saturated rings. The zero-order valence-electron chi connectivity index (χ0n) is 9.25. The van der Waals surface area contributed by atoms with E-state index in [2.05, 4.69) is 4.90 Å². The molecule has 0 bridgehead atoms. The SMILES string of the molecule is O=C(CN1CCCSCC1)c1cc(Cl)sc1Cl. The second-order valence-corrected chi connectivity index (χ2v) is 7.41. The molecular weight excluding hydrogens is 297 g/mol. The highest BCUT2D eigenvalue weighted by Gasteiger charge is 2.18. The Morgan fingerprint density at radius 3 is 2.88 bits per heavy atom. The Kier molecular flexibility index (Phi) is 5.18. The fourth-order valence-corrected chi connectivity index (χ4v) is 4.20. The number of hydrogen-bond donors (Lipinski definition) is 0. The van der Waals surface area contributed by atoms with Crippen molar-refractivity contribution in [3.8, 4) is 0 Å². The molecule has 1 aliphatic rings. The van der Waals surface area contributed by atoms with Crippen LogP contribution in [0, 0.1) is 0 Å². The predicted octanol–water partition coefficient (Wildman–Crippen LogP) is 3.68. The third-order valence-electron chi connectivity index (χ3n) is 2.64. The molecule has 2 nitrogen and oxygen atoms in total. The molecule has 0 saturated carbocycles. The van der Waals surface area contributed by atoms with Gasteiger partial charge in [-0.15, -0.1) is 11.3 Å². The van der Waals surface area contributed by atoms with Gasteiger partial charge in [-0.05, 0) is 24.8 Å². The lowest BCUT2D eigenvalue weighted by Crippen LogP contribution is -2.31. The average molecular weight is 310 g/mol. The number of carbonyl (C=O) groups is 1. The summed E-state index contributed by atoms with van der Waals surface area (Å²) in [6.07, 6.45) is 1.15. The highest BCUT2D eigenvalue weighted by molar-refractivity contribution is 7.99. The van der Waals surface area contributed by atoms with Crippen LogP contribution in [0.4, 0.5) is 0 Å². The van der Waals surface area contributed by atoms with E-state index in [0.717, 1.165) is 25.3 Å². The number of rotatable bonds is 3. The maximum Gasteiger partial charge on any atom is 0.179 e. The largest absolute Gasteiger partial charge is 0.295 e. The van der Waals surface area contributed by atoms with Crippen molar-refractivity contribution in [2.24, 2.45) is 0 Å². The van der Waals surface area contributed by atoms with Gasteiger partial charge in [-0.2, -0.15) is 11.8 Å².